The number of amides is 1. The molecule has 3 rings (SSSR count). The van der Waals surface area contributed by atoms with E-state index in [4.69, 9.17) is 0 Å². The van der Waals surface area contributed by atoms with E-state index in [0.717, 1.165) is 41.4 Å². The van der Waals surface area contributed by atoms with E-state index in [1.54, 1.807) is 24.3 Å². The molecule has 1 saturated carbocycles. The van der Waals surface area contributed by atoms with E-state index in [1.165, 1.54) is 10.7 Å². The summed E-state index contributed by atoms with van der Waals surface area (Å²) in [5, 5.41) is 9.79. The van der Waals surface area contributed by atoms with Crippen molar-refractivity contribution in [2.24, 2.45) is 0 Å². The first-order chi connectivity index (χ1) is 12.0. The van der Waals surface area contributed by atoms with Crippen LogP contribution < -0.4 is 10.9 Å². The van der Waals surface area contributed by atoms with Crippen LogP contribution in [0.5, 0.6) is 0 Å². The smallest absolute Gasteiger partial charge is 0.267 e. The molecule has 0 saturated heterocycles. The highest BCUT2D eigenvalue weighted by molar-refractivity contribution is 8.01. The van der Waals surface area contributed by atoms with E-state index in [9.17, 15) is 9.59 Å². The van der Waals surface area contributed by atoms with Gasteiger partial charge in [-0.05, 0) is 45.6 Å². The minimum Gasteiger partial charge on any atom is -0.352 e. The first-order valence-electron chi connectivity index (χ1n) is 8.42. The Balaban J connectivity index is 1.46. The van der Waals surface area contributed by atoms with E-state index >= 15 is 0 Å². The van der Waals surface area contributed by atoms with Crippen molar-refractivity contribution in [3.63, 3.8) is 0 Å². The van der Waals surface area contributed by atoms with E-state index in [1.807, 2.05) is 18.7 Å². The summed E-state index contributed by atoms with van der Waals surface area (Å²) in [7, 11) is 0. The third-order valence-electron chi connectivity index (χ3n) is 4.20. The molecule has 0 spiro atoms. The molecule has 2 heterocycles. The van der Waals surface area contributed by atoms with Gasteiger partial charge in [-0.2, -0.15) is 5.10 Å². The van der Waals surface area contributed by atoms with Gasteiger partial charge in [-0.25, -0.2) is 9.67 Å². The largest absolute Gasteiger partial charge is 0.352 e. The predicted octanol–water partition coefficient (Wildman–Crippen LogP) is 2.54. The summed E-state index contributed by atoms with van der Waals surface area (Å²) >= 11 is 3.55. The standard InChI is InChI=1S/C17H22N4O2S2/c1-11-3-8-16(23)21(20-11)9-15(22)19-13-4-6-14(7-5-13)25-17-18-12(2)10-24-17/h3,8,10,13-14H,4-7,9H2,1-2H3,(H,19,22). The molecule has 1 N–H and O–H groups in total. The number of aryl methyl sites for hydroxylation is 2. The topological polar surface area (TPSA) is 76.9 Å². The van der Waals surface area contributed by atoms with Crippen LogP contribution in [0, 0.1) is 13.8 Å². The van der Waals surface area contributed by atoms with Crippen molar-refractivity contribution in [3.8, 4) is 0 Å². The number of nitrogens with zero attached hydrogens (tertiary/aromatic N) is 3. The Morgan fingerprint density at radius 2 is 2.04 bits per heavy atom. The van der Waals surface area contributed by atoms with Gasteiger partial charge in [0.05, 0.1) is 5.69 Å². The van der Waals surface area contributed by atoms with Crippen LogP contribution in [0.1, 0.15) is 37.1 Å². The van der Waals surface area contributed by atoms with E-state index in [0.29, 0.717) is 5.25 Å². The summed E-state index contributed by atoms with van der Waals surface area (Å²) < 4.78 is 2.35. The molecule has 2 aromatic rings. The lowest BCUT2D eigenvalue weighted by atomic mass is 9.95. The van der Waals surface area contributed by atoms with Gasteiger partial charge in [0.2, 0.25) is 5.91 Å². The van der Waals surface area contributed by atoms with Crippen LogP contribution in [-0.2, 0) is 11.3 Å². The molecule has 1 aliphatic carbocycles. The zero-order valence-electron chi connectivity index (χ0n) is 14.4. The molecule has 25 heavy (non-hydrogen) atoms. The molecule has 1 aliphatic rings. The number of nitrogens with one attached hydrogen (secondary N) is 1. The van der Waals surface area contributed by atoms with Crippen LogP contribution in [0.3, 0.4) is 0 Å². The quantitative estimate of drug-likeness (QED) is 0.865. The van der Waals surface area contributed by atoms with Gasteiger partial charge in [-0.15, -0.1) is 11.3 Å². The lowest BCUT2D eigenvalue weighted by molar-refractivity contribution is -0.122. The monoisotopic (exact) mass is 378 g/mol. The maximum Gasteiger partial charge on any atom is 0.267 e. The highest BCUT2D eigenvalue weighted by atomic mass is 32.2. The van der Waals surface area contributed by atoms with Gasteiger partial charge >= 0.3 is 0 Å². The summed E-state index contributed by atoms with van der Waals surface area (Å²) in [5.41, 5.74) is 1.55. The Morgan fingerprint density at radius 1 is 1.28 bits per heavy atom. The van der Waals surface area contributed by atoms with Crippen LogP contribution in [0.25, 0.3) is 0 Å². The Kier molecular flexibility index (Phi) is 5.90. The lowest BCUT2D eigenvalue weighted by Gasteiger charge is -2.28. The summed E-state index contributed by atoms with van der Waals surface area (Å²) in [6, 6.07) is 3.28. The van der Waals surface area contributed by atoms with E-state index < -0.39 is 0 Å². The minimum absolute atomic E-state index is 0.0203. The molecule has 0 unspecified atom stereocenters. The van der Waals surface area contributed by atoms with Crippen molar-refractivity contribution in [2.75, 3.05) is 0 Å². The molecule has 0 radical (unpaired) electrons. The summed E-state index contributed by atoms with van der Waals surface area (Å²) in [6.07, 6.45) is 4.06. The Bertz CT molecular complexity index is 794. The van der Waals surface area contributed by atoms with Gasteiger partial charge in [0, 0.05) is 28.4 Å². The van der Waals surface area contributed by atoms with Gasteiger partial charge < -0.3 is 5.32 Å². The Morgan fingerprint density at radius 3 is 2.72 bits per heavy atom. The number of hydrogen-bond acceptors (Lipinski definition) is 6. The highest BCUT2D eigenvalue weighted by Gasteiger charge is 2.24. The molecule has 0 atom stereocenters. The highest BCUT2D eigenvalue weighted by Crippen LogP contribution is 2.35. The average molecular weight is 379 g/mol. The van der Waals surface area contributed by atoms with Gasteiger partial charge in [-0.3, -0.25) is 9.59 Å². The van der Waals surface area contributed by atoms with Crippen LogP contribution in [-0.4, -0.2) is 32.0 Å². The number of thiazole rings is 1. The SMILES string of the molecule is Cc1csc(SC2CCC(NC(=O)Cn3nc(C)ccc3=O)CC2)n1. The zero-order chi connectivity index (χ0) is 17.8. The fourth-order valence-electron chi connectivity index (χ4n) is 2.93. The summed E-state index contributed by atoms with van der Waals surface area (Å²) in [4.78, 5) is 28.4. The van der Waals surface area contributed by atoms with E-state index in [-0.39, 0.29) is 24.1 Å². The number of aromatic nitrogens is 3. The van der Waals surface area contributed by atoms with Crippen LogP contribution >= 0.6 is 23.1 Å². The van der Waals surface area contributed by atoms with Crippen molar-refractivity contribution in [1.29, 1.82) is 0 Å². The second kappa shape index (κ2) is 8.14. The number of hydrogen-bond donors (Lipinski definition) is 1. The minimum atomic E-state index is -0.250. The molecular weight excluding hydrogens is 356 g/mol. The fourth-order valence-corrected chi connectivity index (χ4v) is 5.21. The molecule has 6 nitrogen and oxygen atoms in total. The Hall–Kier alpha value is -1.67. The predicted molar refractivity (Wildman–Crippen MR) is 100 cm³/mol. The van der Waals surface area contributed by atoms with Crippen molar-refractivity contribution in [2.45, 2.75) is 61.7 Å². The van der Waals surface area contributed by atoms with Gasteiger partial charge in [0.25, 0.3) is 5.56 Å². The molecule has 0 aliphatic heterocycles. The molecule has 1 amide bonds. The van der Waals surface area contributed by atoms with Crippen LogP contribution in [0.4, 0.5) is 0 Å². The normalized spacial score (nSPS) is 20.4. The van der Waals surface area contributed by atoms with E-state index in [2.05, 4.69) is 20.8 Å². The number of thioether (sulfide) groups is 1. The molecule has 2 aromatic heterocycles. The number of rotatable bonds is 5. The maximum absolute atomic E-state index is 12.2. The van der Waals surface area contributed by atoms with Crippen LogP contribution in [0.2, 0.25) is 0 Å². The third kappa shape index (κ3) is 5.15. The lowest BCUT2D eigenvalue weighted by Crippen LogP contribution is -2.41. The number of carbonyl (C=O) groups excluding carboxylic acids is 1. The average Bonchev–Trinajstić information content (AvgIpc) is 2.98. The summed E-state index contributed by atoms with van der Waals surface area (Å²) in [6.45, 7) is 3.80. The molecular formula is C17H22N4O2S2. The van der Waals surface area contributed by atoms with Gasteiger partial charge in [-0.1, -0.05) is 11.8 Å². The first kappa shape index (κ1) is 18.1. The van der Waals surface area contributed by atoms with Crippen LogP contribution in [0.15, 0.2) is 26.6 Å². The second-order valence-electron chi connectivity index (χ2n) is 6.38. The van der Waals surface area contributed by atoms with Gasteiger partial charge in [0.15, 0.2) is 0 Å². The summed E-state index contributed by atoms with van der Waals surface area (Å²) in [5.74, 6) is -0.146. The molecule has 1 fully saturated rings. The van der Waals surface area contributed by atoms with Gasteiger partial charge in [0.1, 0.15) is 10.9 Å². The number of carbonyl (C=O) groups is 1. The zero-order valence-corrected chi connectivity index (χ0v) is 16.0. The molecule has 0 aromatic carbocycles. The third-order valence-corrected chi connectivity index (χ3v) is 6.62. The Labute approximate surface area is 155 Å². The molecule has 8 heteroatoms. The molecule has 134 valence electrons. The van der Waals surface area contributed by atoms with Crippen molar-refractivity contribution < 1.29 is 4.79 Å². The first-order valence-corrected chi connectivity index (χ1v) is 10.2. The van der Waals surface area contributed by atoms with Crippen molar-refractivity contribution in [3.05, 3.63) is 39.3 Å². The second-order valence-corrected chi connectivity index (χ2v) is 8.79. The van der Waals surface area contributed by atoms with Crippen molar-refractivity contribution >= 4 is 29.0 Å². The molecule has 0 bridgehead atoms. The van der Waals surface area contributed by atoms with Crippen molar-refractivity contribution in [1.82, 2.24) is 20.1 Å². The maximum atomic E-state index is 12.2. The fraction of sp³-hybridized carbons (Fsp3) is 0.529.